The molecule has 0 spiro atoms. The van der Waals surface area contributed by atoms with Crippen LogP contribution in [0.25, 0.3) is 0 Å². The number of hydrogen-bond donors (Lipinski definition) is 1. The molecule has 0 bridgehead atoms. The van der Waals surface area contributed by atoms with Gasteiger partial charge in [0, 0.05) is 17.8 Å². The molecule has 0 saturated heterocycles. The average Bonchev–Trinajstić information content (AvgIpc) is 2.65. The number of hydrogen-bond acceptors (Lipinski definition) is 7. The largest absolute Gasteiger partial charge is 0.465 e. The molecule has 9 nitrogen and oxygen atoms in total. The van der Waals surface area contributed by atoms with Crippen molar-refractivity contribution in [2.24, 2.45) is 0 Å². The van der Waals surface area contributed by atoms with Gasteiger partial charge in [0.15, 0.2) is 6.61 Å². The standard InChI is InChI=1S/C17H13ClN2O7/c1-26-16(22)10-2-4-11(5-3-10)19-15(21)9-27-17(23)13-7-6-12(20(24)25)8-14(13)18/h2-8H,9H2,1H3,(H,19,21). The summed E-state index contributed by atoms with van der Waals surface area (Å²) >= 11 is 5.82. The third kappa shape index (κ3) is 5.25. The summed E-state index contributed by atoms with van der Waals surface area (Å²) in [5, 5.41) is 13.0. The molecular weight excluding hydrogens is 380 g/mol. The number of methoxy groups -OCH3 is 1. The Kier molecular flexibility index (Phi) is 6.45. The second-order valence-corrected chi connectivity index (χ2v) is 5.52. The molecule has 1 N–H and O–H groups in total. The number of ether oxygens (including phenoxy) is 2. The lowest BCUT2D eigenvalue weighted by Crippen LogP contribution is -2.21. The van der Waals surface area contributed by atoms with E-state index >= 15 is 0 Å². The minimum absolute atomic E-state index is 0.0995. The van der Waals surface area contributed by atoms with Gasteiger partial charge in [-0.05, 0) is 30.3 Å². The smallest absolute Gasteiger partial charge is 0.340 e. The molecule has 27 heavy (non-hydrogen) atoms. The predicted octanol–water partition coefficient (Wildman–Crippen LogP) is 2.83. The Balaban J connectivity index is 1.92. The van der Waals surface area contributed by atoms with E-state index in [-0.39, 0.29) is 16.3 Å². The fourth-order valence-electron chi connectivity index (χ4n) is 2.00. The molecule has 0 atom stereocenters. The zero-order chi connectivity index (χ0) is 20.0. The topological polar surface area (TPSA) is 125 Å². The highest BCUT2D eigenvalue weighted by atomic mass is 35.5. The molecule has 0 aromatic heterocycles. The molecule has 2 aromatic rings. The number of carbonyl (C=O) groups excluding carboxylic acids is 3. The van der Waals surface area contributed by atoms with Gasteiger partial charge in [-0.15, -0.1) is 0 Å². The first kappa shape index (κ1) is 19.9. The number of rotatable bonds is 6. The summed E-state index contributed by atoms with van der Waals surface area (Å²) in [6.07, 6.45) is 0. The van der Waals surface area contributed by atoms with Crippen LogP contribution in [-0.2, 0) is 14.3 Å². The van der Waals surface area contributed by atoms with Crippen LogP contribution in [-0.4, -0.2) is 36.5 Å². The molecule has 0 radical (unpaired) electrons. The van der Waals surface area contributed by atoms with Crippen LogP contribution in [0.1, 0.15) is 20.7 Å². The Hall–Kier alpha value is -3.46. The van der Waals surface area contributed by atoms with Crippen LogP contribution in [0, 0.1) is 10.1 Å². The van der Waals surface area contributed by atoms with Crippen LogP contribution in [0.3, 0.4) is 0 Å². The van der Waals surface area contributed by atoms with E-state index in [0.717, 1.165) is 18.2 Å². The predicted molar refractivity (Wildman–Crippen MR) is 94.8 cm³/mol. The Morgan fingerprint density at radius 1 is 1.11 bits per heavy atom. The van der Waals surface area contributed by atoms with Crippen LogP contribution in [0.2, 0.25) is 5.02 Å². The molecule has 0 aliphatic carbocycles. The molecule has 0 heterocycles. The van der Waals surface area contributed by atoms with Crippen molar-refractivity contribution in [3.63, 3.8) is 0 Å². The highest BCUT2D eigenvalue weighted by molar-refractivity contribution is 6.33. The van der Waals surface area contributed by atoms with E-state index in [0.29, 0.717) is 11.3 Å². The van der Waals surface area contributed by atoms with E-state index in [1.54, 1.807) is 0 Å². The minimum atomic E-state index is -0.897. The maximum Gasteiger partial charge on any atom is 0.340 e. The first-order valence-corrected chi connectivity index (χ1v) is 7.79. The van der Waals surface area contributed by atoms with Crippen LogP contribution >= 0.6 is 11.6 Å². The molecule has 2 aromatic carbocycles. The Labute approximate surface area is 158 Å². The number of halogens is 1. The molecule has 1 amide bonds. The zero-order valence-electron chi connectivity index (χ0n) is 13.9. The van der Waals surface area contributed by atoms with Gasteiger partial charge in [0.05, 0.1) is 28.2 Å². The second kappa shape index (κ2) is 8.77. The maximum absolute atomic E-state index is 11.9. The van der Waals surface area contributed by atoms with Gasteiger partial charge in [-0.25, -0.2) is 9.59 Å². The number of carbonyl (C=O) groups is 3. The van der Waals surface area contributed by atoms with Crippen molar-refractivity contribution in [1.29, 1.82) is 0 Å². The zero-order valence-corrected chi connectivity index (χ0v) is 14.7. The lowest BCUT2D eigenvalue weighted by Gasteiger charge is -2.08. The molecule has 0 saturated carbocycles. The monoisotopic (exact) mass is 392 g/mol. The van der Waals surface area contributed by atoms with Crippen LogP contribution in [0.15, 0.2) is 42.5 Å². The van der Waals surface area contributed by atoms with Crippen molar-refractivity contribution in [3.05, 3.63) is 68.7 Å². The van der Waals surface area contributed by atoms with Gasteiger partial charge in [0.2, 0.25) is 0 Å². The van der Waals surface area contributed by atoms with Gasteiger partial charge in [-0.3, -0.25) is 14.9 Å². The average molecular weight is 393 g/mol. The number of benzene rings is 2. The molecule has 10 heteroatoms. The number of nitrogens with one attached hydrogen (secondary N) is 1. The summed E-state index contributed by atoms with van der Waals surface area (Å²) in [4.78, 5) is 45.1. The van der Waals surface area contributed by atoms with Crippen molar-refractivity contribution >= 4 is 40.8 Å². The number of esters is 2. The summed E-state index contributed by atoms with van der Waals surface area (Å²) < 4.78 is 9.41. The number of anilines is 1. The van der Waals surface area contributed by atoms with Crippen molar-refractivity contribution in [2.75, 3.05) is 19.0 Å². The fraction of sp³-hybridized carbons (Fsp3) is 0.118. The second-order valence-electron chi connectivity index (χ2n) is 5.11. The number of non-ortho nitro benzene ring substituents is 1. The van der Waals surface area contributed by atoms with Gasteiger partial charge < -0.3 is 14.8 Å². The fourth-order valence-corrected chi connectivity index (χ4v) is 2.25. The first-order valence-electron chi connectivity index (χ1n) is 7.41. The molecule has 2 rings (SSSR count). The lowest BCUT2D eigenvalue weighted by molar-refractivity contribution is -0.384. The van der Waals surface area contributed by atoms with E-state index < -0.39 is 29.4 Å². The highest BCUT2D eigenvalue weighted by Crippen LogP contribution is 2.23. The van der Waals surface area contributed by atoms with Crippen molar-refractivity contribution in [2.45, 2.75) is 0 Å². The Morgan fingerprint density at radius 3 is 2.33 bits per heavy atom. The number of amides is 1. The number of nitro groups is 1. The molecular formula is C17H13ClN2O7. The molecule has 0 fully saturated rings. The normalized spacial score (nSPS) is 10.0. The molecule has 140 valence electrons. The third-order valence-corrected chi connectivity index (χ3v) is 3.62. The van der Waals surface area contributed by atoms with Gasteiger partial charge in [-0.1, -0.05) is 11.6 Å². The van der Waals surface area contributed by atoms with Gasteiger partial charge in [-0.2, -0.15) is 0 Å². The Morgan fingerprint density at radius 2 is 1.78 bits per heavy atom. The van der Waals surface area contributed by atoms with Crippen LogP contribution in [0.4, 0.5) is 11.4 Å². The molecule has 0 unspecified atom stereocenters. The maximum atomic E-state index is 11.9. The summed E-state index contributed by atoms with van der Waals surface area (Å²) in [7, 11) is 1.25. The molecule has 0 aliphatic heterocycles. The van der Waals surface area contributed by atoms with Crippen LogP contribution in [0.5, 0.6) is 0 Å². The SMILES string of the molecule is COC(=O)c1ccc(NC(=O)COC(=O)c2ccc([N+](=O)[O-])cc2Cl)cc1. The number of nitro benzene ring substituents is 1. The quantitative estimate of drug-likeness (QED) is 0.455. The lowest BCUT2D eigenvalue weighted by atomic mass is 10.2. The summed E-state index contributed by atoms with van der Waals surface area (Å²) in [6, 6.07) is 9.16. The third-order valence-electron chi connectivity index (χ3n) is 3.31. The summed E-state index contributed by atoms with van der Waals surface area (Å²) in [6.45, 7) is -0.592. The van der Waals surface area contributed by atoms with Gasteiger partial charge >= 0.3 is 11.9 Å². The van der Waals surface area contributed by atoms with Crippen molar-refractivity contribution in [1.82, 2.24) is 0 Å². The number of nitrogens with zero attached hydrogens (tertiary/aromatic N) is 1. The first-order chi connectivity index (χ1) is 12.8. The van der Waals surface area contributed by atoms with Crippen molar-refractivity contribution < 1.29 is 28.8 Å². The van der Waals surface area contributed by atoms with E-state index in [4.69, 9.17) is 16.3 Å². The van der Waals surface area contributed by atoms with E-state index in [2.05, 4.69) is 10.1 Å². The van der Waals surface area contributed by atoms with E-state index in [9.17, 15) is 24.5 Å². The summed E-state index contributed by atoms with van der Waals surface area (Å²) in [5.41, 5.74) is 0.328. The molecule has 0 aliphatic rings. The Bertz CT molecular complexity index is 897. The van der Waals surface area contributed by atoms with E-state index in [1.807, 2.05) is 0 Å². The minimum Gasteiger partial charge on any atom is -0.465 e. The van der Waals surface area contributed by atoms with Crippen LogP contribution < -0.4 is 5.32 Å². The van der Waals surface area contributed by atoms with Gasteiger partial charge in [0.25, 0.3) is 11.6 Å². The van der Waals surface area contributed by atoms with E-state index in [1.165, 1.54) is 31.4 Å². The van der Waals surface area contributed by atoms with Crippen molar-refractivity contribution in [3.8, 4) is 0 Å². The summed E-state index contributed by atoms with van der Waals surface area (Å²) in [5.74, 6) is -2.03. The highest BCUT2D eigenvalue weighted by Gasteiger charge is 2.17. The van der Waals surface area contributed by atoms with Gasteiger partial charge in [0.1, 0.15) is 0 Å².